The maximum atomic E-state index is 13.2. The van der Waals surface area contributed by atoms with Crippen LogP contribution in [0.25, 0.3) is 22.6 Å². The van der Waals surface area contributed by atoms with Gasteiger partial charge in [0.1, 0.15) is 34.1 Å². The van der Waals surface area contributed by atoms with Gasteiger partial charge in [0.05, 0.1) is 18.1 Å². The van der Waals surface area contributed by atoms with Crippen LogP contribution in [0.2, 0.25) is 0 Å². The molecule has 0 bridgehead atoms. The second-order valence-corrected chi connectivity index (χ2v) is 8.15. The Labute approximate surface area is 199 Å². The maximum absolute atomic E-state index is 13.2. The Balaban J connectivity index is 1.39. The van der Waals surface area contributed by atoms with E-state index in [4.69, 9.17) is 0 Å². The fourth-order valence-electron chi connectivity index (χ4n) is 4.05. The monoisotopic (exact) mass is 458 g/mol. The molecule has 35 heavy (non-hydrogen) atoms. The minimum absolute atomic E-state index is 0.220. The third kappa shape index (κ3) is 3.57. The van der Waals surface area contributed by atoms with Crippen LogP contribution in [0.5, 0.6) is 0 Å². The third-order valence-electron chi connectivity index (χ3n) is 5.81. The number of nitrogens with zero attached hydrogens (tertiary/aromatic N) is 6. The minimum Gasteiger partial charge on any atom is -0.297 e. The summed E-state index contributed by atoms with van der Waals surface area (Å²) >= 11 is 0. The average Bonchev–Trinajstić information content (AvgIpc) is 3.52. The van der Waals surface area contributed by atoms with Crippen molar-refractivity contribution in [3.63, 3.8) is 0 Å². The lowest BCUT2D eigenvalue weighted by Crippen LogP contribution is -2.08. The lowest BCUT2D eigenvalue weighted by Gasteiger charge is -2.07. The molecule has 6 aromatic rings. The summed E-state index contributed by atoms with van der Waals surface area (Å²) in [5.41, 5.74) is 5.12. The zero-order valence-corrected chi connectivity index (χ0v) is 18.7. The SMILES string of the molecule is Cc1ccnc(C(=O)c2cnc3ccc(-c4cccc(C(=O)c5cnc6ccccn56)n4)cn23)c1. The molecule has 0 aromatic carbocycles. The first-order valence-corrected chi connectivity index (χ1v) is 11.0. The van der Waals surface area contributed by atoms with Crippen LogP contribution in [0.4, 0.5) is 0 Å². The second-order valence-electron chi connectivity index (χ2n) is 8.15. The predicted molar refractivity (Wildman–Crippen MR) is 129 cm³/mol. The number of pyridine rings is 4. The van der Waals surface area contributed by atoms with Gasteiger partial charge < -0.3 is 0 Å². The van der Waals surface area contributed by atoms with E-state index >= 15 is 0 Å². The molecule has 0 aliphatic rings. The van der Waals surface area contributed by atoms with E-state index in [2.05, 4.69) is 19.9 Å². The number of ketones is 2. The number of hydrogen-bond donors (Lipinski definition) is 0. The molecule has 8 nitrogen and oxygen atoms in total. The first-order chi connectivity index (χ1) is 17.1. The molecule has 168 valence electrons. The minimum atomic E-state index is -0.226. The molecule has 0 fully saturated rings. The number of rotatable bonds is 5. The van der Waals surface area contributed by atoms with Gasteiger partial charge in [-0.05, 0) is 61.0 Å². The summed E-state index contributed by atoms with van der Waals surface area (Å²) in [6.45, 7) is 1.91. The van der Waals surface area contributed by atoms with Crippen LogP contribution in [0, 0.1) is 6.92 Å². The van der Waals surface area contributed by atoms with Crippen molar-refractivity contribution in [2.24, 2.45) is 0 Å². The second kappa shape index (κ2) is 8.11. The quantitative estimate of drug-likeness (QED) is 0.359. The van der Waals surface area contributed by atoms with Crippen molar-refractivity contribution in [1.82, 2.24) is 28.7 Å². The summed E-state index contributed by atoms with van der Waals surface area (Å²) in [6.07, 6.45) is 8.32. The molecule has 0 aliphatic carbocycles. The average molecular weight is 458 g/mol. The Hall–Kier alpha value is -4.98. The Morgan fingerprint density at radius 1 is 0.743 bits per heavy atom. The highest BCUT2D eigenvalue weighted by Gasteiger charge is 2.18. The van der Waals surface area contributed by atoms with Crippen LogP contribution in [-0.2, 0) is 0 Å². The van der Waals surface area contributed by atoms with Crippen LogP contribution < -0.4 is 0 Å². The molecule has 0 spiro atoms. The number of aryl methyl sites for hydroxylation is 1. The van der Waals surface area contributed by atoms with E-state index in [1.165, 1.54) is 0 Å². The lowest BCUT2D eigenvalue weighted by atomic mass is 10.1. The van der Waals surface area contributed by atoms with Crippen molar-refractivity contribution >= 4 is 22.9 Å². The van der Waals surface area contributed by atoms with Gasteiger partial charge in [0.2, 0.25) is 11.6 Å². The highest BCUT2D eigenvalue weighted by molar-refractivity contribution is 6.07. The Morgan fingerprint density at radius 2 is 1.51 bits per heavy atom. The molecule has 6 heterocycles. The van der Waals surface area contributed by atoms with Gasteiger partial charge in [-0.1, -0.05) is 12.1 Å². The van der Waals surface area contributed by atoms with E-state index in [0.29, 0.717) is 39.8 Å². The molecule has 0 amide bonds. The largest absolute Gasteiger partial charge is 0.297 e. The van der Waals surface area contributed by atoms with Gasteiger partial charge in [0.15, 0.2) is 0 Å². The molecule has 6 rings (SSSR count). The van der Waals surface area contributed by atoms with E-state index in [0.717, 1.165) is 11.1 Å². The molecule has 0 N–H and O–H groups in total. The van der Waals surface area contributed by atoms with Crippen LogP contribution in [0.1, 0.15) is 37.9 Å². The number of fused-ring (bicyclic) bond motifs is 2. The number of hydrogen-bond acceptors (Lipinski definition) is 6. The molecule has 0 unspecified atom stereocenters. The Morgan fingerprint density at radius 3 is 2.34 bits per heavy atom. The zero-order valence-electron chi connectivity index (χ0n) is 18.7. The fraction of sp³-hybridized carbons (Fsp3) is 0.0370. The van der Waals surface area contributed by atoms with Crippen LogP contribution >= 0.6 is 0 Å². The molecule has 0 atom stereocenters. The Kier molecular flexibility index (Phi) is 4.77. The molecule has 6 aromatic heterocycles. The van der Waals surface area contributed by atoms with Crippen molar-refractivity contribution in [3.05, 3.63) is 120 Å². The molecule has 0 saturated carbocycles. The summed E-state index contributed by atoms with van der Waals surface area (Å²) in [5, 5.41) is 0. The summed E-state index contributed by atoms with van der Waals surface area (Å²) in [6, 6.07) is 18.1. The normalized spacial score (nSPS) is 11.2. The van der Waals surface area contributed by atoms with E-state index in [1.807, 2.05) is 49.4 Å². The van der Waals surface area contributed by atoms with Crippen LogP contribution in [-0.4, -0.2) is 40.3 Å². The fourth-order valence-corrected chi connectivity index (χ4v) is 4.05. The first-order valence-electron chi connectivity index (χ1n) is 11.0. The van der Waals surface area contributed by atoms with Gasteiger partial charge in [-0.2, -0.15) is 0 Å². The lowest BCUT2D eigenvalue weighted by molar-refractivity contribution is 0.102. The number of aromatic nitrogens is 6. The smallest absolute Gasteiger partial charge is 0.229 e. The van der Waals surface area contributed by atoms with Crippen molar-refractivity contribution in [2.75, 3.05) is 0 Å². The van der Waals surface area contributed by atoms with Crippen LogP contribution in [0.15, 0.2) is 91.6 Å². The van der Waals surface area contributed by atoms with Crippen molar-refractivity contribution in [2.45, 2.75) is 6.92 Å². The van der Waals surface area contributed by atoms with Crippen molar-refractivity contribution in [1.29, 1.82) is 0 Å². The first kappa shape index (κ1) is 20.6. The van der Waals surface area contributed by atoms with Gasteiger partial charge in [0, 0.05) is 24.2 Å². The van der Waals surface area contributed by atoms with Gasteiger partial charge in [-0.25, -0.2) is 15.0 Å². The van der Waals surface area contributed by atoms with Crippen molar-refractivity contribution in [3.8, 4) is 11.3 Å². The van der Waals surface area contributed by atoms with Gasteiger partial charge >= 0.3 is 0 Å². The summed E-state index contributed by atoms with van der Waals surface area (Å²) in [4.78, 5) is 43.8. The molecule has 0 aliphatic heterocycles. The highest BCUT2D eigenvalue weighted by Crippen LogP contribution is 2.21. The number of imidazole rings is 2. The summed E-state index contributed by atoms with van der Waals surface area (Å²) in [5.74, 6) is -0.446. The van der Waals surface area contributed by atoms with Crippen LogP contribution in [0.3, 0.4) is 0 Å². The van der Waals surface area contributed by atoms with Gasteiger partial charge in [-0.3, -0.25) is 23.4 Å². The molecule has 0 saturated heterocycles. The standard InChI is InChI=1S/C27H18N6O2/c1-17-10-11-28-21(13-17)27(35)23-15-30-25-9-8-18(16-33(23)25)19-5-4-6-20(31-19)26(34)22-14-29-24-7-2-3-12-32(22)24/h2-16H,1H3. The topological polar surface area (TPSA) is 94.5 Å². The highest BCUT2D eigenvalue weighted by atomic mass is 16.1. The maximum Gasteiger partial charge on any atom is 0.229 e. The van der Waals surface area contributed by atoms with E-state index in [9.17, 15) is 9.59 Å². The summed E-state index contributed by atoms with van der Waals surface area (Å²) in [7, 11) is 0. The Bertz CT molecular complexity index is 1760. The number of carbonyl (C=O) groups excluding carboxylic acids is 2. The molecular weight excluding hydrogens is 440 g/mol. The summed E-state index contributed by atoms with van der Waals surface area (Å²) < 4.78 is 3.47. The number of carbonyl (C=O) groups is 2. The molecule has 8 heteroatoms. The van der Waals surface area contributed by atoms with E-state index in [1.54, 1.807) is 58.0 Å². The van der Waals surface area contributed by atoms with Gasteiger partial charge in [-0.15, -0.1) is 0 Å². The molecular formula is C27H18N6O2. The third-order valence-corrected chi connectivity index (χ3v) is 5.81. The van der Waals surface area contributed by atoms with Crippen molar-refractivity contribution < 1.29 is 9.59 Å². The predicted octanol–water partition coefficient (Wildman–Crippen LogP) is 4.21. The van der Waals surface area contributed by atoms with E-state index in [-0.39, 0.29) is 11.6 Å². The molecule has 0 radical (unpaired) electrons. The van der Waals surface area contributed by atoms with Gasteiger partial charge in [0.25, 0.3) is 0 Å². The zero-order chi connectivity index (χ0) is 23.9. The van der Waals surface area contributed by atoms with E-state index < -0.39 is 0 Å².